The molecule has 1 aliphatic rings. The van der Waals surface area contributed by atoms with Crippen LogP contribution in [-0.4, -0.2) is 17.7 Å². The Kier molecular flexibility index (Phi) is 2.18. The van der Waals surface area contributed by atoms with E-state index >= 15 is 0 Å². The first-order valence-electron chi connectivity index (χ1n) is 3.80. The van der Waals surface area contributed by atoms with E-state index in [1.807, 2.05) is 12.1 Å². The second-order valence-electron chi connectivity index (χ2n) is 2.71. The van der Waals surface area contributed by atoms with Crippen molar-refractivity contribution in [1.29, 1.82) is 0 Å². The third kappa shape index (κ3) is 1.80. The van der Waals surface area contributed by atoms with Crippen LogP contribution in [-0.2, 0) is 4.74 Å². The van der Waals surface area contributed by atoms with E-state index in [0.717, 1.165) is 10.2 Å². The molecule has 4 nitrogen and oxygen atoms in total. The van der Waals surface area contributed by atoms with Gasteiger partial charge in [-0.1, -0.05) is 6.07 Å². The number of aromatic nitrogens is 1. The van der Waals surface area contributed by atoms with E-state index in [2.05, 4.69) is 26.2 Å². The van der Waals surface area contributed by atoms with Crippen molar-refractivity contribution >= 4 is 22.0 Å². The Labute approximate surface area is 83.4 Å². The van der Waals surface area contributed by atoms with Crippen molar-refractivity contribution in [2.75, 3.05) is 6.61 Å². The van der Waals surface area contributed by atoms with Crippen molar-refractivity contribution < 1.29 is 9.53 Å². The number of halogens is 1. The zero-order chi connectivity index (χ0) is 9.26. The predicted octanol–water partition coefficient (Wildman–Crippen LogP) is 1.62. The van der Waals surface area contributed by atoms with Crippen molar-refractivity contribution in [1.82, 2.24) is 10.3 Å². The van der Waals surface area contributed by atoms with Gasteiger partial charge in [0.1, 0.15) is 11.2 Å². The molecule has 1 fully saturated rings. The Morgan fingerprint density at radius 1 is 1.62 bits per heavy atom. The first kappa shape index (κ1) is 8.50. The average Bonchev–Trinajstić information content (AvgIpc) is 2.53. The largest absolute Gasteiger partial charge is 0.447 e. The highest BCUT2D eigenvalue weighted by Crippen LogP contribution is 2.18. The molecular formula is C8H7BrN2O2. The molecule has 1 aromatic rings. The molecule has 0 aliphatic carbocycles. The van der Waals surface area contributed by atoms with Gasteiger partial charge in [0.05, 0.1) is 6.04 Å². The molecule has 0 bridgehead atoms. The topological polar surface area (TPSA) is 51.2 Å². The van der Waals surface area contributed by atoms with E-state index in [9.17, 15) is 4.79 Å². The predicted molar refractivity (Wildman–Crippen MR) is 49.2 cm³/mol. The Hall–Kier alpha value is -1.10. The van der Waals surface area contributed by atoms with Crippen LogP contribution < -0.4 is 5.32 Å². The molecule has 2 rings (SSSR count). The Bertz CT molecular complexity index is 325. The summed E-state index contributed by atoms with van der Waals surface area (Å²) in [6.07, 6.45) is 1.34. The van der Waals surface area contributed by atoms with Crippen LogP contribution in [0.2, 0.25) is 0 Å². The summed E-state index contributed by atoms with van der Waals surface area (Å²) < 4.78 is 5.54. The highest BCUT2D eigenvalue weighted by molar-refractivity contribution is 9.10. The van der Waals surface area contributed by atoms with Crippen molar-refractivity contribution in [3.05, 3.63) is 28.5 Å². The van der Waals surface area contributed by atoms with Gasteiger partial charge in [0.25, 0.3) is 0 Å². The third-order valence-electron chi connectivity index (χ3n) is 1.83. The van der Waals surface area contributed by atoms with Crippen LogP contribution in [0.25, 0.3) is 0 Å². The zero-order valence-electron chi connectivity index (χ0n) is 6.66. The van der Waals surface area contributed by atoms with Gasteiger partial charge in [-0.3, -0.25) is 0 Å². The van der Waals surface area contributed by atoms with Crippen LogP contribution in [0.15, 0.2) is 22.9 Å². The molecule has 2 heterocycles. The van der Waals surface area contributed by atoms with Crippen LogP contribution >= 0.6 is 15.9 Å². The number of ether oxygens (including phenoxy) is 1. The molecule has 1 amide bonds. The second-order valence-corrected chi connectivity index (χ2v) is 3.52. The number of hydrogen-bond donors (Lipinski definition) is 1. The minimum Gasteiger partial charge on any atom is -0.447 e. The maximum atomic E-state index is 10.7. The molecule has 1 N–H and O–H groups in total. The van der Waals surface area contributed by atoms with E-state index in [1.165, 1.54) is 0 Å². The maximum absolute atomic E-state index is 10.7. The Morgan fingerprint density at radius 2 is 2.46 bits per heavy atom. The van der Waals surface area contributed by atoms with Gasteiger partial charge in [0.15, 0.2) is 0 Å². The number of amides is 1. The quantitative estimate of drug-likeness (QED) is 0.762. The molecule has 0 radical (unpaired) electrons. The van der Waals surface area contributed by atoms with Gasteiger partial charge in [-0.05, 0) is 27.6 Å². The number of carbonyl (C=O) groups excluding carboxylic acids is 1. The Morgan fingerprint density at radius 3 is 3.00 bits per heavy atom. The van der Waals surface area contributed by atoms with Crippen molar-refractivity contribution in [2.45, 2.75) is 6.04 Å². The smallest absolute Gasteiger partial charge is 0.407 e. The molecule has 0 spiro atoms. The van der Waals surface area contributed by atoms with Gasteiger partial charge in [-0.2, -0.15) is 0 Å². The number of pyridine rings is 1. The van der Waals surface area contributed by atoms with Crippen LogP contribution in [0.4, 0.5) is 4.79 Å². The minimum absolute atomic E-state index is 0.0619. The molecule has 5 heteroatoms. The molecule has 68 valence electrons. The number of cyclic esters (lactones) is 1. The molecule has 13 heavy (non-hydrogen) atoms. The van der Waals surface area contributed by atoms with E-state index in [1.54, 1.807) is 6.20 Å². The molecular weight excluding hydrogens is 236 g/mol. The lowest BCUT2D eigenvalue weighted by atomic mass is 10.1. The maximum Gasteiger partial charge on any atom is 0.407 e. The average molecular weight is 243 g/mol. The first-order valence-corrected chi connectivity index (χ1v) is 4.60. The summed E-state index contributed by atoms with van der Waals surface area (Å²) in [5.74, 6) is 0. The van der Waals surface area contributed by atoms with Crippen molar-refractivity contribution in [3.63, 3.8) is 0 Å². The van der Waals surface area contributed by atoms with Gasteiger partial charge in [0.2, 0.25) is 0 Å². The standard InChI is InChI=1S/C8H7BrN2O2/c9-7-2-1-5(3-10-7)6-4-13-8(12)11-6/h1-3,6H,4H2,(H,11,12)/t6-/m1/s1. The summed E-state index contributed by atoms with van der Waals surface area (Å²) in [4.78, 5) is 14.8. The van der Waals surface area contributed by atoms with Crippen molar-refractivity contribution in [2.24, 2.45) is 0 Å². The zero-order valence-corrected chi connectivity index (χ0v) is 8.24. The number of hydrogen-bond acceptors (Lipinski definition) is 3. The fraction of sp³-hybridized carbons (Fsp3) is 0.250. The first-order chi connectivity index (χ1) is 6.25. The fourth-order valence-electron chi connectivity index (χ4n) is 1.16. The summed E-state index contributed by atoms with van der Waals surface area (Å²) in [6, 6.07) is 3.67. The molecule has 1 atom stereocenters. The summed E-state index contributed by atoms with van der Waals surface area (Å²) in [5.41, 5.74) is 0.953. The lowest BCUT2D eigenvalue weighted by molar-refractivity contribution is 0.177. The number of rotatable bonds is 1. The monoisotopic (exact) mass is 242 g/mol. The fourth-order valence-corrected chi connectivity index (χ4v) is 1.39. The SMILES string of the molecule is O=C1N[C@@H](c2ccc(Br)nc2)CO1. The van der Waals surface area contributed by atoms with Gasteiger partial charge in [-0.15, -0.1) is 0 Å². The lowest BCUT2D eigenvalue weighted by Gasteiger charge is -2.05. The lowest BCUT2D eigenvalue weighted by Crippen LogP contribution is -2.18. The van der Waals surface area contributed by atoms with Gasteiger partial charge in [-0.25, -0.2) is 9.78 Å². The number of nitrogens with zero attached hydrogens (tertiary/aromatic N) is 1. The molecule has 0 unspecified atom stereocenters. The van der Waals surface area contributed by atoms with Crippen molar-refractivity contribution in [3.8, 4) is 0 Å². The summed E-state index contributed by atoms with van der Waals surface area (Å²) >= 11 is 3.24. The second kappa shape index (κ2) is 3.33. The van der Waals surface area contributed by atoms with Gasteiger partial charge >= 0.3 is 6.09 Å². The minimum atomic E-state index is -0.368. The molecule has 0 saturated carbocycles. The summed E-state index contributed by atoms with van der Waals surface area (Å²) in [5, 5.41) is 2.67. The number of nitrogens with one attached hydrogen (secondary N) is 1. The van der Waals surface area contributed by atoms with E-state index < -0.39 is 0 Å². The highest BCUT2D eigenvalue weighted by atomic mass is 79.9. The number of alkyl carbamates (subject to hydrolysis) is 1. The van der Waals surface area contributed by atoms with Crippen LogP contribution in [0, 0.1) is 0 Å². The highest BCUT2D eigenvalue weighted by Gasteiger charge is 2.23. The van der Waals surface area contributed by atoms with E-state index in [-0.39, 0.29) is 12.1 Å². The molecule has 1 aliphatic heterocycles. The van der Waals surface area contributed by atoms with Crippen LogP contribution in [0.1, 0.15) is 11.6 Å². The van der Waals surface area contributed by atoms with E-state index in [4.69, 9.17) is 4.74 Å². The van der Waals surface area contributed by atoms with Crippen LogP contribution in [0.5, 0.6) is 0 Å². The summed E-state index contributed by atoms with van der Waals surface area (Å²) in [7, 11) is 0. The normalized spacial score (nSPS) is 21.0. The molecule has 1 aromatic heterocycles. The van der Waals surface area contributed by atoms with Crippen LogP contribution in [0.3, 0.4) is 0 Å². The number of carbonyl (C=O) groups is 1. The summed E-state index contributed by atoms with van der Waals surface area (Å²) in [6.45, 7) is 0.377. The van der Waals surface area contributed by atoms with Gasteiger partial charge in [0, 0.05) is 6.20 Å². The van der Waals surface area contributed by atoms with E-state index in [0.29, 0.717) is 6.61 Å². The molecule has 1 saturated heterocycles. The Balaban J connectivity index is 2.17. The molecule has 0 aromatic carbocycles. The third-order valence-corrected chi connectivity index (χ3v) is 2.29. The van der Waals surface area contributed by atoms with Gasteiger partial charge < -0.3 is 10.1 Å².